The standard InChI is InChI=1S/C20H30N2O3/c1-2-3-13-25-18-11-9-17(10-12-18)20(24)22-15-19(23)21-14-16-7-5-4-6-8-16/h9-12,16H,2-8,13-15H2,1H3,(H,21,23)(H,22,24). The topological polar surface area (TPSA) is 67.4 Å². The number of unbranched alkanes of at least 4 members (excludes halogenated alkanes) is 1. The van der Waals surface area contributed by atoms with Gasteiger partial charge >= 0.3 is 0 Å². The third-order valence-corrected chi connectivity index (χ3v) is 4.61. The molecule has 0 bridgehead atoms. The third kappa shape index (κ3) is 7.16. The first-order chi connectivity index (χ1) is 12.2. The molecule has 0 aromatic heterocycles. The van der Waals surface area contributed by atoms with Gasteiger partial charge in [-0.25, -0.2) is 0 Å². The molecule has 0 saturated heterocycles. The van der Waals surface area contributed by atoms with Crippen LogP contribution in [0.3, 0.4) is 0 Å². The van der Waals surface area contributed by atoms with E-state index < -0.39 is 0 Å². The molecule has 25 heavy (non-hydrogen) atoms. The zero-order valence-electron chi connectivity index (χ0n) is 15.2. The zero-order valence-corrected chi connectivity index (χ0v) is 15.2. The molecule has 0 heterocycles. The van der Waals surface area contributed by atoms with Crippen molar-refractivity contribution in [2.24, 2.45) is 5.92 Å². The summed E-state index contributed by atoms with van der Waals surface area (Å²) in [5.74, 6) is 0.982. The molecule has 0 aliphatic heterocycles. The smallest absolute Gasteiger partial charge is 0.251 e. The Morgan fingerprint density at radius 3 is 2.48 bits per heavy atom. The Morgan fingerprint density at radius 1 is 1.08 bits per heavy atom. The van der Waals surface area contributed by atoms with Crippen molar-refractivity contribution in [1.29, 1.82) is 0 Å². The maximum Gasteiger partial charge on any atom is 0.251 e. The fraction of sp³-hybridized carbons (Fsp3) is 0.600. The van der Waals surface area contributed by atoms with Gasteiger partial charge in [-0.15, -0.1) is 0 Å². The number of ether oxygens (including phenoxy) is 1. The van der Waals surface area contributed by atoms with Gasteiger partial charge in [-0.3, -0.25) is 9.59 Å². The zero-order chi connectivity index (χ0) is 17.9. The van der Waals surface area contributed by atoms with Crippen molar-refractivity contribution in [1.82, 2.24) is 10.6 Å². The molecule has 1 aromatic rings. The second kappa shape index (κ2) is 10.7. The highest BCUT2D eigenvalue weighted by Crippen LogP contribution is 2.22. The first-order valence-corrected chi connectivity index (χ1v) is 9.46. The van der Waals surface area contributed by atoms with Crippen molar-refractivity contribution in [3.63, 3.8) is 0 Å². The van der Waals surface area contributed by atoms with Gasteiger partial charge in [0.2, 0.25) is 5.91 Å². The molecule has 1 aromatic carbocycles. The van der Waals surface area contributed by atoms with Gasteiger partial charge in [-0.2, -0.15) is 0 Å². The number of benzene rings is 1. The van der Waals surface area contributed by atoms with E-state index in [4.69, 9.17) is 4.74 Å². The van der Waals surface area contributed by atoms with Crippen LogP contribution in [-0.2, 0) is 4.79 Å². The Hall–Kier alpha value is -2.04. The van der Waals surface area contributed by atoms with Crippen LogP contribution in [0.25, 0.3) is 0 Å². The van der Waals surface area contributed by atoms with Crippen LogP contribution in [0.15, 0.2) is 24.3 Å². The molecule has 5 heteroatoms. The summed E-state index contributed by atoms with van der Waals surface area (Å²) in [6, 6.07) is 7.01. The monoisotopic (exact) mass is 346 g/mol. The molecule has 1 aliphatic rings. The van der Waals surface area contributed by atoms with E-state index in [-0.39, 0.29) is 18.4 Å². The molecule has 0 radical (unpaired) electrons. The van der Waals surface area contributed by atoms with Crippen molar-refractivity contribution >= 4 is 11.8 Å². The molecule has 5 nitrogen and oxygen atoms in total. The predicted molar refractivity (Wildman–Crippen MR) is 98.8 cm³/mol. The van der Waals surface area contributed by atoms with Gasteiger partial charge in [0.25, 0.3) is 5.91 Å². The number of hydrogen-bond acceptors (Lipinski definition) is 3. The SMILES string of the molecule is CCCCOc1ccc(C(=O)NCC(=O)NCC2CCCCC2)cc1. The summed E-state index contributed by atoms with van der Waals surface area (Å²) in [6.45, 7) is 3.53. The normalized spacial score (nSPS) is 14.8. The lowest BCUT2D eigenvalue weighted by Crippen LogP contribution is -2.39. The highest BCUT2D eigenvalue weighted by atomic mass is 16.5. The van der Waals surface area contributed by atoms with Crippen LogP contribution in [0.1, 0.15) is 62.2 Å². The van der Waals surface area contributed by atoms with Crippen LogP contribution in [0.4, 0.5) is 0 Å². The highest BCUT2D eigenvalue weighted by molar-refractivity contribution is 5.96. The molecule has 1 fully saturated rings. The van der Waals surface area contributed by atoms with Crippen molar-refractivity contribution in [3.8, 4) is 5.75 Å². The lowest BCUT2D eigenvalue weighted by Gasteiger charge is -2.21. The number of rotatable bonds is 9. The Kier molecular flexibility index (Phi) is 8.29. The van der Waals surface area contributed by atoms with Crippen molar-refractivity contribution < 1.29 is 14.3 Å². The average Bonchev–Trinajstić information content (AvgIpc) is 2.66. The van der Waals surface area contributed by atoms with Gasteiger partial charge in [0.15, 0.2) is 0 Å². The van der Waals surface area contributed by atoms with E-state index in [0.717, 1.165) is 25.1 Å². The Morgan fingerprint density at radius 2 is 1.80 bits per heavy atom. The summed E-state index contributed by atoms with van der Waals surface area (Å²) in [5.41, 5.74) is 0.530. The first kappa shape index (κ1) is 19.3. The minimum absolute atomic E-state index is 0.0142. The van der Waals surface area contributed by atoms with E-state index in [1.807, 2.05) is 0 Å². The van der Waals surface area contributed by atoms with Crippen molar-refractivity contribution in [2.75, 3.05) is 19.7 Å². The van der Waals surface area contributed by atoms with Crippen LogP contribution in [0.5, 0.6) is 5.75 Å². The van der Waals surface area contributed by atoms with Crippen LogP contribution in [0.2, 0.25) is 0 Å². The largest absolute Gasteiger partial charge is 0.494 e. The predicted octanol–water partition coefficient (Wildman–Crippen LogP) is 3.29. The third-order valence-electron chi connectivity index (χ3n) is 4.61. The summed E-state index contributed by atoms with van der Waals surface area (Å²) < 4.78 is 5.57. The molecule has 138 valence electrons. The van der Waals surface area contributed by atoms with E-state index in [9.17, 15) is 9.59 Å². The van der Waals surface area contributed by atoms with E-state index in [1.165, 1.54) is 32.1 Å². The summed E-state index contributed by atoms with van der Waals surface area (Å²) in [6.07, 6.45) is 8.31. The minimum Gasteiger partial charge on any atom is -0.494 e. The van der Waals surface area contributed by atoms with Crippen LogP contribution >= 0.6 is 0 Å². The fourth-order valence-corrected chi connectivity index (χ4v) is 3.01. The quantitative estimate of drug-likeness (QED) is 0.674. The Labute approximate surface area is 150 Å². The van der Waals surface area contributed by atoms with Gasteiger partial charge in [0, 0.05) is 12.1 Å². The van der Waals surface area contributed by atoms with Gasteiger partial charge in [0.1, 0.15) is 5.75 Å². The number of carbonyl (C=O) groups excluding carboxylic acids is 2. The van der Waals surface area contributed by atoms with Crippen LogP contribution < -0.4 is 15.4 Å². The highest BCUT2D eigenvalue weighted by Gasteiger charge is 2.14. The molecule has 0 unspecified atom stereocenters. The molecule has 0 spiro atoms. The summed E-state index contributed by atoms with van der Waals surface area (Å²) >= 11 is 0. The molecule has 1 saturated carbocycles. The Balaban J connectivity index is 1.67. The summed E-state index contributed by atoms with van der Waals surface area (Å²) in [4.78, 5) is 24.0. The molecule has 2 rings (SSSR count). The molecule has 2 N–H and O–H groups in total. The van der Waals surface area contributed by atoms with Gasteiger partial charge in [0.05, 0.1) is 13.2 Å². The van der Waals surface area contributed by atoms with E-state index in [1.54, 1.807) is 24.3 Å². The van der Waals surface area contributed by atoms with Crippen molar-refractivity contribution in [2.45, 2.75) is 51.9 Å². The van der Waals surface area contributed by atoms with Crippen molar-refractivity contribution in [3.05, 3.63) is 29.8 Å². The number of hydrogen-bond donors (Lipinski definition) is 2. The maximum absolute atomic E-state index is 12.1. The summed E-state index contributed by atoms with van der Waals surface area (Å²) in [5, 5.41) is 5.59. The fourth-order valence-electron chi connectivity index (χ4n) is 3.01. The second-order valence-electron chi connectivity index (χ2n) is 6.72. The first-order valence-electron chi connectivity index (χ1n) is 9.46. The van der Waals surface area contributed by atoms with Crippen LogP contribution in [-0.4, -0.2) is 31.5 Å². The average molecular weight is 346 g/mol. The Bertz CT molecular complexity index is 536. The summed E-state index contributed by atoms with van der Waals surface area (Å²) in [7, 11) is 0. The number of nitrogens with one attached hydrogen (secondary N) is 2. The van der Waals surface area contributed by atoms with Gasteiger partial charge in [-0.05, 0) is 49.4 Å². The lowest BCUT2D eigenvalue weighted by atomic mass is 9.89. The molecule has 1 aliphatic carbocycles. The van der Waals surface area contributed by atoms with E-state index in [0.29, 0.717) is 18.1 Å². The van der Waals surface area contributed by atoms with Gasteiger partial charge < -0.3 is 15.4 Å². The van der Waals surface area contributed by atoms with E-state index >= 15 is 0 Å². The maximum atomic E-state index is 12.1. The van der Waals surface area contributed by atoms with Crippen LogP contribution in [0, 0.1) is 5.92 Å². The molecule has 2 amide bonds. The number of amides is 2. The molecular formula is C20H30N2O3. The van der Waals surface area contributed by atoms with Gasteiger partial charge in [-0.1, -0.05) is 32.6 Å². The molecular weight excluding hydrogens is 316 g/mol. The van der Waals surface area contributed by atoms with E-state index in [2.05, 4.69) is 17.6 Å². The molecule has 0 atom stereocenters. The lowest BCUT2D eigenvalue weighted by molar-refractivity contribution is -0.120. The number of carbonyl (C=O) groups is 2. The second-order valence-corrected chi connectivity index (χ2v) is 6.72. The minimum atomic E-state index is -0.243.